The number of hydrogen-bond acceptors (Lipinski definition) is 4. The van der Waals surface area contributed by atoms with E-state index in [-0.39, 0.29) is 12.8 Å². The normalized spacial score (nSPS) is 9.86. The van der Waals surface area contributed by atoms with Crippen LogP contribution in [0.3, 0.4) is 0 Å². The number of carbonyl (C=O) groups excluding carboxylic acids is 2. The highest BCUT2D eigenvalue weighted by molar-refractivity contribution is 5.81. The largest absolute Gasteiger partial charge is 0.370 e. The van der Waals surface area contributed by atoms with Crippen molar-refractivity contribution >= 4 is 11.8 Å². The molecule has 0 saturated heterocycles. The molecule has 2 N–H and O–H groups in total. The molecule has 82 valence electrons. The van der Waals surface area contributed by atoms with Gasteiger partial charge in [0.25, 0.3) is 5.91 Å². The van der Waals surface area contributed by atoms with Crippen molar-refractivity contribution in [1.82, 2.24) is 5.23 Å². The Balaban J connectivity index is 3.94. The molecule has 0 bridgehead atoms. The van der Waals surface area contributed by atoms with Gasteiger partial charge in [0.15, 0.2) is 0 Å². The van der Waals surface area contributed by atoms with Crippen molar-refractivity contribution in [3.8, 4) is 0 Å². The first-order chi connectivity index (χ1) is 6.61. The summed E-state index contributed by atoms with van der Waals surface area (Å²) in [5.41, 5.74) is 4.90. The Morgan fingerprint density at radius 3 is 2.00 bits per heavy atom. The molecule has 0 aliphatic carbocycles. The van der Waals surface area contributed by atoms with Crippen molar-refractivity contribution in [1.29, 1.82) is 0 Å². The second kappa shape index (κ2) is 7.28. The molecule has 2 amide bonds. The zero-order valence-corrected chi connectivity index (χ0v) is 8.49. The number of rotatable bonds is 7. The van der Waals surface area contributed by atoms with Crippen LogP contribution >= 0.6 is 0 Å². The molecule has 0 heterocycles. The van der Waals surface area contributed by atoms with Crippen LogP contribution in [-0.4, -0.2) is 30.3 Å². The molecule has 0 saturated carbocycles. The lowest BCUT2D eigenvalue weighted by atomic mass is 10.3. The fourth-order valence-corrected chi connectivity index (χ4v) is 0.737. The highest BCUT2D eigenvalue weighted by Crippen LogP contribution is 2.00. The summed E-state index contributed by atoms with van der Waals surface area (Å²) >= 11 is 0. The summed E-state index contributed by atoms with van der Waals surface area (Å²) < 4.78 is 0. The standard InChI is InChI=1S/C8H16N2O4/c1-3-13-10(14-4-2)8(12)6-5-7(9)11/h3-6H2,1-2H3,(H2,9,11). The smallest absolute Gasteiger partial charge is 0.274 e. The first kappa shape index (κ1) is 12.9. The molecule has 0 aliphatic heterocycles. The highest BCUT2D eigenvalue weighted by atomic mass is 17.0. The summed E-state index contributed by atoms with van der Waals surface area (Å²) in [5, 5.41) is 0.795. The van der Waals surface area contributed by atoms with Gasteiger partial charge in [-0.25, -0.2) is 9.68 Å². The lowest BCUT2D eigenvalue weighted by Crippen LogP contribution is -2.32. The maximum Gasteiger partial charge on any atom is 0.274 e. The molecule has 0 aromatic rings. The third kappa shape index (κ3) is 5.50. The summed E-state index contributed by atoms with van der Waals surface area (Å²) in [4.78, 5) is 31.5. The fraction of sp³-hybridized carbons (Fsp3) is 0.750. The van der Waals surface area contributed by atoms with Gasteiger partial charge in [-0.05, 0) is 13.8 Å². The number of hydrogen-bond donors (Lipinski definition) is 1. The summed E-state index contributed by atoms with van der Waals surface area (Å²) in [6.45, 7) is 4.10. The second-order valence-electron chi connectivity index (χ2n) is 2.45. The van der Waals surface area contributed by atoms with Gasteiger partial charge in [0.2, 0.25) is 5.91 Å². The van der Waals surface area contributed by atoms with Crippen LogP contribution in [-0.2, 0) is 19.3 Å². The van der Waals surface area contributed by atoms with E-state index in [0.29, 0.717) is 13.2 Å². The number of carbonyl (C=O) groups is 2. The number of nitrogens with two attached hydrogens (primary N) is 1. The minimum atomic E-state index is -0.522. The number of primary amides is 1. The molecule has 14 heavy (non-hydrogen) atoms. The minimum Gasteiger partial charge on any atom is -0.370 e. The summed E-state index contributed by atoms with van der Waals surface area (Å²) in [7, 11) is 0. The van der Waals surface area contributed by atoms with Crippen molar-refractivity contribution < 1.29 is 19.3 Å². The lowest BCUT2D eigenvalue weighted by molar-refractivity contribution is -0.338. The van der Waals surface area contributed by atoms with Gasteiger partial charge in [0.1, 0.15) is 0 Å². The predicted octanol–water partition coefficient (Wildman–Crippen LogP) is -0.0165. The first-order valence-corrected chi connectivity index (χ1v) is 4.48. The summed E-state index contributed by atoms with van der Waals surface area (Å²) in [5.74, 6) is -0.932. The van der Waals surface area contributed by atoms with E-state index < -0.39 is 11.8 Å². The van der Waals surface area contributed by atoms with Crippen molar-refractivity contribution in [2.75, 3.05) is 13.2 Å². The van der Waals surface area contributed by atoms with Gasteiger partial charge in [0.05, 0.1) is 13.2 Å². The molecular weight excluding hydrogens is 188 g/mol. The molecular formula is C8H16N2O4. The summed E-state index contributed by atoms with van der Waals surface area (Å²) in [6, 6.07) is 0. The van der Waals surface area contributed by atoms with Gasteiger partial charge in [0, 0.05) is 12.8 Å². The molecule has 0 atom stereocenters. The molecule has 0 radical (unpaired) electrons. The number of hydroxylamine groups is 2. The quantitative estimate of drug-likeness (QED) is 0.591. The number of nitrogens with zero attached hydrogens (tertiary/aromatic N) is 1. The molecule has 0 aliphatic rings. The van der Waals surface area contributed by atoms with Crippen LogP contribution in [0.1, 0.15) is 26.7 Å². The summed E-state index contributed by atoms with van der Waals surface area (Å²) in [6.07, 6.45) is -0.00911. The fourth-order valence-electron chi connectivity index (χ4n) is 0.737. The molecule has 0 rings (SSSR count). The lowest BCUT2D eigenvalue weighted by Gasteiger charge is -2.18. The van der Waals surface area contributed by atoms with Crippen LogP contribution in [0.5, 0.6) is 0 Å². The monoisotopic (exact) mass is 204 g/mol. The third-order valence-electron chi connectivity index (χ3n) is 1.28. The topological polar surface area (TPSA) is 81.9 Å². The van der Waals surface area contributed by atoms with Crippen molar-refractivity contribution in [3.05, 3.63) is 0 Å². The van der Waals surface area contributed by atoms with Crippen LogP contribution in [0.15, 0.2) is 0 Å². The Bertz CT molecular complexity index is 190. The zero-order valence-electron chi connectivity index (χ0n) is 8.49. The third-order valence-corrected chi connectivity index (χ3v) is 1.28. The average Bonchev–Trinajstić information content (AvgIpc) is 2.14. The van der Waals surface area contributed by atoms with E-state index >= 15 is 0 Å². The zero-order chi connectivity index (χ0) is 11.0. The van der Waals surface area contributed by atoms with E-state index in [9.17, 15) is 9.59 Å². The Labute approximate surface area is 82.9 Å². The van der Waals surface area contributed by atoms with Gasteiger partial charge >= 0.3 is 0 Å². The van der Waals surface area contributed by atoms with E-state index in [2.05, 4.69) is 0 Å². The van der Waals surface area contributed by atoms with Crippen LogP contribution < -0.4 is 5.73 Å². The number of amides is 2. The molecule has 0 fully saturated rings. The molecule has 0 spiro atoms. The van der Waals surface area contributed by atoms with Gasteiger partial charge in [-0.15, -0.1) is 0 Å². The SMILES string of the molecule is CCON(OCC)C(=O)CCC(N)=O. The average molecular weight is 204 g/mol. The van der Waals surface area contributed by atoms with Crippen LogP contribution in [0.2, 0.25) is 0 Å². The van der Waals surface area contributed by atoms with Crippen molar-refractivity contribution in [2.45, 2.75) is 26.7 Å². The Hall–Kier alpha value is -1.14. The highest BCUT2D eigenvalue weighted by Gasteiger charge is 2.14. The van der Waals surface area contributed by atoms with Crippen molar-refractivity contribution in [2.24, 2.45) is 5.73 Å². The van der Waals surface area contributed by atoms with Gasteiger partial charge < -0.3 is 5.73 Å². The predicted molar refractivity (Wildman–Crippen MR) is 48.5 cm³/mol. The van der Waals surface area contributed by atoms with E-state index in [1.807, 2.05) is 0 Å². The van der Waals surface area contributed by atoms with E-state index in [1.54, 1.807) is 13.8 Å². The maximum absolute atomic E-state index is 11.3. The van der Waals surface area contributed by atoms with Gasteiger partial charge in [-0.1, -0.05) is 5.23 Å². The Morgan fingerprint density at radius 2 is 1.64 bits per heavy atom. The van der Waals surface area contributed by atoms with E-state index in [0.717, 1.165) is 5.23 Å². The molecule has 0 aromatic carbocycles. The van der Waals surface area contributed by atoms with Gasteiger partial charge in [-0.3, -0.25) is 9.59 Å². The van der Waals surface area contributed by atoms with Gasteiger partial charge in [-0.2, -0.15) is 0 Å². The Morgan fingerprint density at radius 1 is 1.14 bits per heavy atom. The molecule has 0 unspecified atom stereocenters. The van der Waals surface area contributed by atoms with Crippen molar-refractivity contribution in [3.63, 3.8) is 0 Å². The van der Waals surface area contributed by atoms with E-state index in [4.69, 9.17) is 15.4 Å². The van der Waals surface area contributed by atoms with E-state index in [1.165, 1.54) is 0 Å². The van der Waals surface area contributed by atoms with Crippen LogP contribution in [0, 0.1) is 0 Å². The molecule has 0 aromatic heterocycles. The van der Waals surface area contributed by atoms with Crippen LogP contribution in [0.4, 0.5) is 0 Å². The first-order valence-electron chi connectivity index (χ1n) is 4.48. The van der Waals surface area contributed by atoms with Crippen LogP contribution in [0.25, 0.3) is 0 Å². The Kier molecular flexibility index (Phi) is 6.69. The second-order valence-corrected chi connectivity index (χ2v) is 2.45. The minimum absolute atomic E-state index is 0.00448. The molecule has 6 heteroatoms. The molecule has 6 nitrogen and oxygen atoms in total. The maximum atomic E-state index is 11.3.